The molecule has 1 aromatic heterocycles. The number of aromatic nitrogens is 3. The van der Waals surface area contributed by atoms with Gasteiger partial charge in [-0.3, -0.25) is 14.7 Å². The summed E-state index contributed by atoms with van der Waals surface area (Å²) < 4.78 is 7.91. The van der Waals surface area contributed by atoms with Gasteiger partial charge in [-0.05, 0) is 43.3 Å². The first kappa shape index (κ1) is 24.1. The molecule has 34 heavy (non-hydrogen) atoms. The summed E-state index contributed by atoms with van der Waals surface area (Å²) in [6.07, 6.45) is 0. The van der Waals surface area contributed by atoms with Crippen molar-refractivity contribution in [2.24, 2.45) is 0 Å². The molecule has 1 heterocycles. The lowest BCUT2D eigenvalue weighted by Crippen LogP contribution is -2.12. The maximum atomic E-state index is 11.6. The van der Waals surface area contributed by atoms with E-state index < -0.39 is 5.25 Å². The zero-order valence-corrected chi connectivity index (χ0v) is 20.4. The van der Waals surface area contributed by atoms with Crippen LogP contribution in [-0.4, -0.2) is 26.2 Å². The Kier molecular flexibility index (Phi) is 7.72. The normalized spacial score (nSPS) is 11.9. The molecule has 10 heteroatoms. The van der Waals surface area contributed by atoms with Crippen LogP contribution in [0.4, 0.5) is 0 Å². The zero-order valence-electron chi connectivity index (χ0n) is 18.1. The van der Waals surface area contributed by atoms with Crippen molar-refractivity contribution < 1.29 is 9.66 Å². The smallest absolute Gasteiger partial charge is 0.220 e. The van der Waals surface area contributed by atoms with Crippen LogP contribution in [0.2, 0.25) is 10.0 Å². The molecular formula is C24H20Cl2N4O3S. The van der Waals surface area contributed by atoms with Crippen LogP contribution >= 0.6 is 35.0 Å². The van der Waals surface area contributed by atoms with Gasteiger partial charge in [-0.1, -0.05) is 71.4 Å². The van der Waals surface area contributed by atoms with Crippen LogP contribution in [0.5, 0.6) is 5.75 Å². The molecule has 1 atom stereocenters. The van der Waals surface area contributed by atoms with E-state index in [2.05, 4.69) is 10.2 Å². The molecule has 4 aromatic rings. The Morgan fingerprint density at radius 2 is 1.74 bits per heavy atom. The molecule has 0 aliphatic rings. The van der Waals surface area contributed by atoms with E-state index >= 15 is 0 Å². The minimum atomic E-state index is -0.563. The van der Waals surface area contributed by atoms with E-state index in [0.29, 0.717) is 32.3 Å². The van der Waals surface area contributed by atoms with Crippen molar-refractivity contribution in [2.75, 3.05) is 6.54 Å². The van der Waals surface area contributed by atoms with Crippen molar-refractivity contribution in [1.82, 2.24) is 14.8 Å². The minimum absolute atomic E-state index is 0.243. The Balaban J connectivity index is 1.65. The number of nitrogens with zero attached hydrogens (tertiary/aromatic N) is 4. The molecule has 0 aliphatic carbocycles. The van der Waals surface area contributed by atoms with E-state index in [0.717, 1.165) is 11.3 Å². The molecule has 0 saturated heterocycles. The molecule has 0 fully saturated rings. The van der Waals surface area contributed by atoms with E-state index in [1.807, 2.05) is 60.0 Å². The van der Waals surface area contributed by atoms with Gasteiger partial charge in [-0.15, -0.1) is 10.2 Å². The topological polar surface area (TPSA) is 83.1 Å². The molecule has 7 nitrogen and oxygen atoms in total. The lowest BCUT2D eigenvalue weighted by Gasteiger charge is -2.18. The number of benzene rings is 3. The number of hydrogen-bond acceptors (Lipinski definition) is 6. The van der Waals surface area contributed by atoms with Crippen LogP contribution in [0.15, 0.2) is 78.0 Å². The summed E-state index contributed by atoms with van der Waals surface area (Å²) in [4.78, 5) is 11.2. The summed E-state index contributed by atoms with van der Waals surface area (Å²) in [5, 5.41) is 21.2. The summed E-state index contributed by atoms with van der Waals surface area (Å²) >= 11 is 13.6. The van der Waals surface area contributed by atoms with Gasteiger partial charge in [0, 0.05) is 31.8 Å². The minimum Gasteiger partial charge on any atom is -0.489 e. The van der Waals surface area contributed by atoms with Gasteiger partial charge in [0.15, 0.2) is 5.16 Å². The van der Waals surface area contributed by atoms with Gasteiger partial charge in [-0.25, -0.2) is 0 Å². The number of nitro groups is 1. The molecule has 0 saturated carbocycles. The Morgan fingerprint density at radius 3 is 2.47 bits per heavy atom. The van der Waals surface area contributed by atoms with Gasteiger partial charge in [0.05, 0.1) is 0 Å². The fourth-order valence-corrected chi connectivity index (χ4v) is 4.94. The Morgan fingerprint density at radius 1 is 1.03 bits per heavy atom. The van der Waals surface area contributed by atoms with Crippen LogP contribution in [0.3, 0.4) is 0 Å². The van der Waals surface area contributed by atoms with Gasteiger partial charge in [0.2, 0.25) is 6.54 Å². The Bertz CT molecular complexity index is 1300. The first-order valence-corrected chi connectivity index (χ1v) is 12.0. The maximum absolute atomic E-state index is 11.6. The Labute approximate surface area is 210 Å². The van der Waals surface area contributed by atoms with Crippen LogP contribution in [0.1, 0.15) is 22.2 Å². The standard InChI is InChI=1S/C24H20Cl2N4O3S/c1-16-27-28-24(30(16)19-12-10-18(25)11-13-19)34-23(14-29(31)32)20-7-3-5-9-22(20)33-15-17-6-2-4-8-21(17)26/h2-13,23H,14-15H2,1H3/t23-/m0/s1. The van der Waals surface area contributed by atoms with E-state index in [-0.39, 0.29) is 18.1 Å². The lowest BCUT2D eigenvalue weighted by molar-refractivity contribution is -0.479. The largest absolute Gasteiger partial charge is 0.489 e. The van der Waals surface area contributed by atoms with Crippen molar-refractivity contribution in [3.8, 4) is 11.4 Å². The summed E-state index contributed by atoms with van der Waals surface area (Å²) in [5.41, 5.74) is 2.34. The number of ether oxygens (including phenoxy) is 1. The molecule has 3 aromatic carbocycles. The number of para-hydroxylation sites is 1. The maximum Gasteiger partial charge on any atom is 0.220 e. The molecule has 0 bridgehead atoms. The van der Waals surface area contributed by atoms with Crippen LogP contribution < -0.4 is 4.74 Å². The summed E-state index contributed by atoms with van der Waals surface area (Å²) in [6.45, 7) is 1.76. The summed E-state index contributed by atoms with van der Waals surface area (Å²) in [6, 6.07) is 22.0. The zero-order chi connectivity index (χ0) is 24.1. The first-order chi connectivity index (χ1) is 16.4. The van der Waals surface area contributed by atoms with Gasteiger partial charge >= 0.3 is 0 Å². The number of rotatable bonds is 9. The fraction of sp³-hybridized carbons (Fsp3) is 0.167. The third-order valence-corrected chi connectivity index (χ3v) is 6.83. The second kappa shape index (κ2) is 10.9. The number of hydrogen-bond donors (Lipinski definition) is 0. The van der Waals surface area contributed by atoms with Crippen molar-refractivity contribution in [2.45, 2.75) is 23.9 Å². The highest BCUT2D eigenvalue weighted by atomic mass is 35.5. The first-order valence-electron chi connectivity index (χ1n) is 10.3. The molecule has 0 unspecified atom stereocenters. The predicted octanol–water partition coefficient (Wildman–Crippen LogP) is 6.57. The van der Waals surface area contributed by atoms with E-state index in [9.17, 15) is 10.1 Å². The summed E-state index contributed by atoms with van der Waals surface area (Å²) in [5.74, 6) is 1.21. The quantitative estimate of drug-likeness (QED) is 0.142. The lowest BCUT2D eigenvalue weighted by atomic mass is 10.1. The monoisotopic (exact) mass is 514 g/mol. The Hall–Kier alpha value is -3.07. The molecule has 4 rings (SSSR count). The molecule has 0 amide bonds. The number of aryl methyl sites for hydroxylation is 1. The van der Waals surface area contributed by atoms with Gasteiger partial charge in [-0.2, -0.15) is 0 Å². The summed E-state index contributed by atoms with van der Waals surface area (Å²) in [7, 11) is 0. The number of halogens is 2. The average Bonchev–Trinajstić information content (AvgIpc) is 3.18. The van der Waals surface area contributed by atoms with Crippen LogP contribution in [-0.2, 0) is 6.61 Å². The highest BCUT2D eigenvalue weighted by Gasteiger charge is 2.26. The van der Waals surface area contributed by atoms with Crippen molar-refractivity contribution in [1.29, 1.82) is 0 Å². The van der Waals surface area contributed by atoms with E-state index in [1.54, 1.807) is 24.3 Å². The molecule has 0 N–H and O–H groups in total. The van der Waals surface area contributed by atoms with Crippen molar-refractivity contribution in [3.05, 3.63) is 110 Å². The number of thioether (sulfide) groups is 1. The average molecular weight is 515 g/mol. The third-order valence-electron chi connectivity index (χ3n) is 5.05. The highest BCUT2D eigenvalue weighted by molar-refractivity contribution is 7.99. The van der Waals surface area contributed by atoms with Gasteiger partial charge in [0.1, 0.15) is 23.4 Å². The van der Waals surface area contributed by atoms with Crippen molar-refractivity contribution in [3.63, 3.8) is 0 Å². The highest BCUT2D eigenvalue weighted by Crippen LogP contribution is 2.40. The fourth-order valence-electron chi connectivity index (χ4n) is 3.42. The van der Waals surface area contributed by atoms with E-state index in [1.165, 1.54) is 11.8 Å². The van der Waals surface area contributed by atoms with Gasteiger partial charge in [0.25, 0.3) is 0 Å². The van der Waals surface area contributed by atoms with E-state index in [4.69, 9.17) is 27.9 Å². The molecule has 0 aliphatic heterocycles. The van der Waals surface area contributed by atoms with Crippen LogP contribution in [0, 0.1) is 17.0 Å². The second-order valence-corrected chi connectivity index (χ2v) is 9.39. The second-order valence-electron chi connectivity index (χ2n) is 7.38. The molecule has 174 valence electrons. The van der Waals surface area contributed by atoms with Crippen molar-refractivity contribution >= 4 is 35.0 Å². The molecular weight excluding hydrogens is 495 g/mol. The molecule has 0 radical (unpaired) electrons. The van der Waals surface area contributed by atoms with Crippen LogP contribution in [0.25, 0.3) is 5.69 Å². The predicted molar refractivity (Wildman–Crippen MR) is 134 cm³/mol. The molecule has 0 spiro atoms. The van der Waals surface area contributed by atoms with Gasteiger partial charge < -0.3 is 4.74 Å². The SMILES string of the molecule is Cc1nnc(S[C@@H](C[N+](=O)[O-])c2ccccc2OCc2ccccc2Cl)n1-c1ccc(Cl)cc1. The third kappa shape index (κ3) is 5.70.